The van der Waals surface area contributed by atoms with Crippen LogP contribution in [0.1, 0.15) is 94.0 Å². The predicted octanol–water partition coefficient (Wildman–Crippen LogP) is 6.45. The van der Waals surface area contributed by atoms with Gasteiger partial charge in [0.25, 0.3) is 0 Å². The Morgan fingerprint density at radius 2 is 1.89 bits per heavy atom. The van der Waals surface area contributed by atoms with Crippen molar-refractivity contribution in [1.82, 2.24) is 29.9 Å². The third kappa shape index (κ3) is 4.53. The van der Waals surface area contributed by atoms with E-state index in [0.29, 0.717) is 17.8 Å². The molecule has 1 aliphatic rings. The van der Waals surface area contributed by atoms with Crippen LogP contribution >= 0.6 is 0 Å². The van der Waals surface area contributed by atoms with Gasteiger partial charge < -0.3 is 10.3 Å². The normalized spacial score (nSPS) is 18.7. The second-order valence-corrected chi connectivity index (χ2v) is 11.9. The first kappa shape index (κ1) is 25.4. The van der Waals surface area contributed by atoms with Crippen LogP contribution in [-0.2, 0) is 4.79 Å². The molecule has 1 fully saturated rings. The molecule has 0 bridgehead atoms. The monoisotopic (exact) mass is 500 g/mol. The SMILES string of the molecule is CNC(=O)C(C)(C)CC1CCC(c2ccc3[nH]c(-c4cn5ncnc5c(C)c4C)c(C(C)C)c3n2)CC1. The molecule has 4 aromatic rings. The minimum absolute atomic E-state index is 0.139. The van der Waals surface area contributed by atoms with E-state index < -0.39 is 0 Å². The molecule has 4 aromatic heterocycles. The third-order valence-corrected chi connectivity index (χ3v) is 8.58. The lowest BCUT2D eigenvalue weighted by molar-refractivity contribution is -0.129. The Kier molecular flexibility index (Phi) is 6.59. The standard InChI is InChI=1S/C30H40N6O/c1-17(2)25-26(22-15-36-28(32-16-33-36)19(4)18(22)3)35-24-13-12-23(34-27(24)25)21-10-8-20(9-11-21)14-30(5,6)29(37)31-7/h12-13,15-17,20-21,35H,8-11,14H2,1-7H3,(H,31,37). The zero-order chi connectivity index (χ0) is 26.5. The van der Waals surface area contributed by atoms with Crippen molar-refractivity contribution in [1.29, 1.82) is 0 Å². The minimum atomic E-state index is -0.317. The predicted molar refractivity (Wildman–Crippen MR) is 149 cm³/mol. The van der Waals surface area contributed by atoms with Gasteiger partial charge in [-0.1, -0.05) is 27.7 Å². The first-order valence-corrected chi connectivity index (χ1v) is 13.6. The zero-order valence-corrected chi connectivity index (χ0v) is 23.3. The Morgan fingerprint density at radius 3 is 2.57 bits per heavy atom. The number of aryl methyl sites for hydroxylation is 1. The molecule has 0 aliphatic heterocycles. The maximum atomic E-state index is 12.3. The van der Waals surface area contributed by atoms with E-state index in [0.717, 1.165) is 65.6 Å². The molecule has 4 heterocycles. The van der Waals surface area contributed by atoms with E-state index in [1.54, 1.807) is 13.4 Å². The molecule has 196 valence electrons. The van der Waals surface area contributed by atoms with Gasteiger partial charge in [-0.3, -0.25) is 9.78 Å². The molecule has 2 N–H and O–H groups in total. The molecule has 5 rings (SSSR count). The number of hydrogen-bond donors (Lipinski definition) is 2. The van der Waals surface area contributed by atoms with Crippen molar-refractivity contribution in [2.75, 3.05) is 7.05 Å². The Morgan fingerprint density at radius 1 is 1.16 bits per heavy atom. The smallest absolute Gasteiger partial charge is 0.225 e. The number of rotatable bonds is 6. The van der Waals surface area contributed by atoms with Crippen molar-refractivity contribution >= 4 is 22.6 Å². The van der Waals surface area contributed by atoms with Gasteiger partial charge in [-0.05, 0) is 81.0 Å². The largest absolute Gasteiger partial charge is 0.359 e. The van der Waals surface area contributed by atoms with Gasteiger partial charge in [0.2, 0.25) is 5.91 Å². The molecule has 1 aliphatic carbocycles. The highest BCUT2D eigenvalue weighted by Crippen LogP contribution is 2.42. The van der Waals surface area contributed by atoms with Crippen molar-refractivity contribution in [2.45, 2.75) is 85.5 Å². The average Bonchev–Trinajstić information content (AvgIpc) is 3.50. The van der Waals surface area contributed by atoms with E-state index in [2.05, 4.69) is 80.3 Å². The van der Waals surface area contributed by atoms with Gasteiger partial charge in [-0.25, -0.2) is 9.50 Å². The Hall–Kier alpha value is -3.22. The fourth-order valence-electron chi connectivity index (χ4n) is 6.37. The zero-order valence-electron chi connectivity index (χ0n) is 23.3. The fraction of sp³-hybridized carbons (Fsp3) is 0.533. The number of pyridine rings is 2. The molecular weight excluding hydrogens is 460 g/mol. The van der Waals surface area contributed by atoms with E-state index in [4.69, 9.17) is 4.98 Å². The molecule has 0 spiro atoms. The summed E-state index contributed by atoms with van der Waals surface area (Å²) in [6.07, 6.45) is 9.20. The van der Waals surface area contributed by atoms with Crippen molar-refractivity contribution < 1.29 is 4.79 Å². The van der Waals surface area contributed by atoms with Gasteiger partial charge in [0.05, 0.1) is 16.7 Å². The number of aromatic nitrogens is 5. The quantitative estimate of drug-likeness (QED) is 0.318. The topological polar surface area (TPSA) is 88.0 Å². The number of hydrogen-bond acceptors (Lipinski definition) is 4. The highest BCUT2D eigenvalue weighted by atomic mass is 16.2. The number of nitrogens with zero attached hydrogens (tertiary/aromatic N) is 4. The fourth-order valence-corrected chi connectivity index (χ4v) is 6.37. The van der Waals surface area contributed by atoms with Crippen molar-refractivity contribution in [3.05, 3.63) is 47.0 Å². The van der Waals surface area contributed by atoms with Crippen molar-refractivity contribution in [2.24, 2.45) is 11.3 Å². The molecule has 7 heteroatoms. The molecule has 0 unspecified atom stereocenters. The number of carbonyl (C=O) groups is 1. The lowest BCUT2D eigenvalue weighted by Gasteiger charge is -2.33. The Labute approximate surface area is 219 Å². The van der Waals surface area contributed by atoms with Crippen LogP contribution in [0.15, 0.2) is 24.7 Å². The van der Waals surface area contributed by atoms with Crippen LogP contribution in [-0.4, -0.2) is 37.5 Å². The van der Waals surface area contributed by atoms with Crippen LogP contribution < -0.4 is 5.32 Å². The summed E-state index contributed by atoms with van der Waals surface area (Å²) in [5.41, 5.74) is 9.86. The summed E-state index contributed by atoms with van der Waals surface area (Å²) in [4.78, 5) is 25.7. The number of nitrogens with one attached hydrogen (secondary N) is 2. The molecule has 1 saturated carbocycles. The molecule has 37 heavy (non-hydrogen) atoms. The van der Waals surface area contributed by atoms with E-state index >= 15 is 0 Å². The van der Waals surface area contributed by atoms with Gasteiger partial charge in [0.15, 0.2) is 5.65 Å². The van der Waals surface area contributed by atoms with E-state index in [-0.39, 0.29) is 11.3 Å². The second-order valence-electron chi connectivity index (χ2n) is 11.9. The van der Waals surface area contributed by atoms with Crippen LogP contribution in [0.25, 0.3) is 27.9 Å². The average molecular weight is 501 g/mol. The minimum Gasteiger partial charge on any atom is -0.359 e. The lowest BCUT2D eigenvalue weighted by Crippen LogP contribution is -2.36. The molecule has 1 amide bonds. The lowest BCUT2D eigenvalue weighted by atomic mass is 9.73. The van der Waals surface area contributed by atoms with E-state index in [1.165, 1.54) is 16.8 Å². The van der Waals surface area contributed by atoms with Gasteiger partial charge >= 0.3 is 0 Å². The summed E-state index contributed by atoms with van der Waals surface area (Å²) in [6, 6.07) is 4.43. The first-order chi connectivity index (χ1) is 17.6. The summed E-state index contributed by atoms with van der Waals surface area (Å²) in [7, 11) is 1.73. The Bertz CT molecular complexity index is 1450. The summed E-state index contributed by atoms with van der Waals surface area (Å²) < 4.78 is 1.87. The molecule has 0 aromatic carbocycles. The number of aromatic amines is 1. The molecular formula is C30H40N6O. The second kappa shape index (κ2) is 9.58. The number of H-pyrrole nitrogens is 1. The summed E-state index contributed by atoms with van der Waals surface area (Å²) in [5, 5.41) is 7.24. The third-order valence-electron chi connectivity index (χ3n) is 8.58. The van der Waals surface area contributed by atoms with Crippen LogP contribution in [0.5, 0.6) is 0 Å². The maximum Gasteiger partial charge on any atom is 0.225 e. The van der Waals surface area contributed by atoms with Crippen LogP contribution in [0.4, 0.5) is 0 Å². The highest BCUT2D eigenvalue weighted by Gasteiger charge is 2.33. The molecule has 0 saturated heterocycles. The van der Waals surface area contributed by atoms with Gasteiger partial charge in [0, 0.05) is 41.4 Å². The number of amides is 1. The molecule has 7 nitrogen and oxygen atoms in total. The van der Waals surface area contributed by atoms with Gasteiger partial charge in [-0.15, -0.1) is 0 Å². The van der Waals surface area contributed by atoms with Crippen LogP contribution in [0, 0.1) is 25.2 Å². The maximum absolute atomic E-state index is 12.3. The van der Waals surface area contributed by atoms with E-state index in [9.17, 15) is 4.79 Å². The van der Waals surface area contributed by atoms with Crippen LogP contribution in [0.2, 0.25) is 0 Å². The van der Waals surface area contributed by atoms with Gasteiger partial charge in [-0.2, -0.15) is 5.10 Å². The molecule has 0 radical (unpaired) electrons. The summed E-state index contributed by atoms with van der Waals surface area (Å²) >= 11 is 0. The van der Waals surface area contributed by atoms with Crippen molar-refractivity contribution in [3.8, 4) is 11.3 Å². The summed E-state index contributed by atoms with van der Waals surface area (Å²) in [5.74, 6) is 1.52. The number of fused-ring (bicyclic) bond motifs is 2. The van der Waals surface area contributed by atoms with Crippen LogP contribution in [0.3, 0.4) is 0 Å². The van der Waals surface area contributed by atoms with E-state index in [1.807, 2.05) is 4.52 Å². The van der Waals surface area contributed by atoms with Crippen molar-refractivity contribution in [3.63, 3.8) is 0 Å². The number of carbonyl (C=O) groups excluding carboxylic acids is 1. The van der Waals surface area contributed by atoms with Gasteiger partial charge in [0.1, 0.15) is 6.33 Å². The molecule has 0 atom stereocenters. The first-order valence-electron chi connectivity index (χ1n) is 13.6. The highest BCUT2D eigenvalue weighted by molar-refractivity contribution is 5.89. The Balaban J connectivity index is 1.45. The summed E-state index contributed by atoms with van der Waals surface area (Å²) in [6.45, 7) is 12.9.